The van der Waals surface area contributed by atoms with E-state index in [-0.39, 0.29) is 17.4 Å². The molecule has 2 heterocycles. The van der Waals surface area contributed by atoms with Crippen molar-refractivity contribution in [1.82, 2.24) is 9.78 Å². The molecule has 0 bridgehead atoms. The third-order valence-corrected chi connectivity index (χ3v) is 6.26. The molecule has 28 heavy (non-hydrogen) atoms. The molecule has 1 aromatic carbocycles. The van der Waals surface area contributed by atoms with E-state index in [4.69, 9.17) is 4.74 Å². The van der Waals surface area contributed by atoms with Gasteiger partial charge in [0.1, 0.15) is 11.4 Å². The van der Waals surface area contributed by atoms with E-state index in [9.17, 15) is 9.90 Å². The van der Waals surface area contributed by atoms with Gasteiger partial charge >= 0.3 is 0 Å². The normalized spacial score (nSPS) is 27.8. The molecule has 2 aromatic rings. The summed E-state index contributed by atoms with van der Waals surface area (Å²) in [4.78, 5) is 15.2. The molecule has 6 heteroatoms. The van der Waals surface area contributed by atoms with E-state index in [1.54, 1.807) is 4.68 Å². The Labute approximate surface area is 166 Å². The van der Waals surface area contributed by atoms with E-state index in [0.29, 0.717) is 31.4 Å². The zero-order valence-electron chi connectivity index (χ0n) is 16.9. The van der Waals surface area contributed by atoms with E-state index in [1.165, 1.54) is 0 Å². The Morgan fingerprint density at radius 1 is 1.07 bits per heavy atom. The Hall–Kier alpha value is -2.34. The van der Waals surface area contributed by atoms with Crippen LogP contribution in [0.3, 0.4) is 0 Å². The number of anilines is 1. The van der Waals surface area contributed by atoms with Gasteiger partial charge in [0.2, 0.25) is 5.91 Å². The average molecular weight is 383 g/mol. The van der Waals surface area contributed by atoms with Gasteiger partial charge in [-0.05, 0) is 76.3 Å². The van der Waals surface area contributed by atoms with Gasteiger partial charge in [-0.1, -0.05) is 0 Å². The van der Waals surface area contributed by atoms with Crippen LogP contribution in [0.1, 0.15) is 51.6 Å². The van der Waals surface area contributed by atoms with Crippen molar-refractivity contribution in [2.45, 2.75) is 57.7 Å². The second-order valence-electron chi connectivity index (χ2n) is 8.55. The van der Waals surface area contributed by atoms with Crippen molar-refractivity contribution in [3.63, 3.8) is 0 Å². The van der Waals surface area contributed by atoms with Crippen molar-refractivity contribution in [2.24, 2.45) is 12.5 Å². The summed E-state index contributed by atoms with van der Waals surface area (Å²) in [5.41, 5.74) is 0.362. The molecule has 2 aliphatic rings. The summed E-state index contributed by atoms with van der Waals surface area (Å²) in [7, 11) is 1.85. The first-order chi connectivity index (χ1) is 13.3. The number of hydrogen-bond donors (Lipinski definition) is 1. The predicted octanol–water partition coefficient (Wildman–Crippen LogP) is 3.39. The van der Waals surface area contributed by atoms with Crippen molar-refractivity contribution < 1.29 is 14.6 Å². The second kappa shape index (κ2) is 6.92. The lowest BCUT2D eigenvalue weighted by molar-refractivity contribution is -0.131. The molecule has 1 N–H and O–H groups in total. The number of carbonyl (C=O) groups excluding carboxylic acids is 1. The molecular formula is C22H29N3O3. The van der Waals surface area contributed by atoms with Gasteiger partial charge in [0, 0.05) is 25.5 Å². The molecule has 1 saturated heterocycles. The molecule has 0 radical (unpaired) electrons. The third-order valence-electron chi connectivity index (χ3n) is 6.26. The van der Waals surface area contributed by atoms with Gasteiger partial charge in [-0.15, -0.1) is 0 Å². The first-order valence-electron chi connectivity index (χ1n) is 10.1. The molecular weight excluding hydrogens is 354 g/mol. The monoisotopic (exact) mass is 383 g/mol. The maximum atomic E-state index is 13.3. The zero-order valence-corrected chi connectivity index (χ0v) is 16.9. The number of aromatic nitrogens is 2. The fourth-order valence-corrected chi connectivity index (χ4v) is 4.57. The molecule has 1 saturated carbocycles. The van der Waals surface area contributed by atoms with Gasteiger partial charge in [-0.3, -0.25) is 9.48 Å². The van der Waals surface area contributed by atoms with Gasteiger partial charge in [-0.25, -0.2) is 0 Å². The summed E-state index contributed by atoms with van der Waals surface area (Å²) >= 11 is 0. The van der Waals surface area contributed by atoms with E-state index in [2.05, 4.69) is 5.10 Å². The number of aliphatic hydroxyl groups is 1. The lowest BCUT2D eigenvalue weighted by atomic mass is 9.67. The average Bonchev–Trinajstić information content (AvgIpc) is 3.24. The van der Waals surface area contributed by atoms with Crippen LogP contribution in [-0.4, -0.2) is 33.4 Å². The number of aryl methyl sites for hydroxylation is 1. The maximum Gasteiger partial charge on any atom is 0.233 e. The van der Waals surface area contributed by atoms with Gasteiger partial charge in [0.05, 0.1) is 17.2 Å². The van der Waals surface area contributed by atoms with Crippen LogP contribution in [0.2, 0.25) is 0 Å². The highest BCUT2D eigenvalue weighted by molar-refractivity contribution is 6.00. The van der Waals surface area contributed by atoms with Crippen LogP contribution in [0.25, 0.3) is 0 Å². The lowest BCUT2D eigenvalue weighted by Gasteiger charge is -2.40. The number of ether oxygens (including phenoxy) is 1. The standard InChI is InChI=1S/C22H29N3O3/c1-16(2)28-18-6-4-17(5-7-18)25-15-13-21(20(25)26)9-11-22(27,12-10-21)19-8-14-24(3)23-19/h4-8,14,16,27H,9-13,15H2,1-3H3. The Morgan fingerprint density at radius 2 is 1.75 bits per heavy atom. The first kappa shape index (κ1) is 19.0. The lowest BCUT2D eigenvalue weighted by Crippen LogP contribution is -2.42. The minimum Gasteiger partial charge on any atom is -0.491 e. The van der Waals surface area contributed by atoms with Crippen LogP contribution < -0.4 is 9.64 Å². The van der Waals surface area contributed by atoms with Crippen LogP contribution in [0.15, 0.2) is 36.5 Å². The molecule has 0 unspecified atom stereocenters. The Balaban J connectivity index is 1.46. The minimum absolute atomic E-state index is 0.127. The SMILES string of the molecule is CC(C)Oc1ccc(N2CCC3(CCC(O)(c4ccn(C)n4)CC3)C2=O)cc1. The summed E-state index contributed by atoms with van der Waals surface area (Å²) < 4.78 is 7.41. The summed E-state index contributed by atoms with van der Waals surface area (Å²) in [6.07, 6.45) is 5.37. The molecule has 1 amide bonds. The molecule has 1 spiro atoms. The Morgan fingerprint density at radius 3 is 2.32 bits per heavy atom. The highest BCUT2D eigenvalue weighted by atomic mass is 16.5. The molecule has 4 rings (SSSR count). The van der Waals surface area contributed by atoms with E-state index in [1.807, 2.05) is 62.3 Å². The van der Waals surface area contributed by atoms with Crippen molar-refractivity contribution in [1.29, 1.82) is 0 Å². The van der Waals surface area contributed by atoms with E-state index in [0.717, 1.165) is 24.4 Å². The molecule has 1 aliphatic carbocycles. The zero-order chi connectivity index (χ0) is 19.9. The van der Waals surface area contributed by atoms with Gasteiger partial charge < -0.3 is 14.7 Å². The largest absolute Gasteiger partial charge is 0.491 e. The molecule has 1 aliphatic heterocycles. The molecule has 6 nitrogen and oxygen atoms in total. The topological polar surface area (TPSA) is 67.6 Å². The van der Waals surface area contributed by atoms with Gasteiger partial charge in [0.15, 0.2) is 0 Å². The highest BCUT2D eigenvalue weighted by Gasteiger charge is 2.52. The van der Waals surface area contributed by atoms with Crippen LogP contribution in [0, 0.1) is 5.41 Å². The molecule has 2 fully saturated rings. The van der Waals surface area contributed by atoms with Crippen molar-refractivity contribution >= 4 is 11.6 Å². The fraction of sp³-hybridized carbons (Fsp3) is 0.545. The number of hydrogen-bond acceptors (Lipinski definition) is 4. The smallest absolute Gasteiger partial charge is 0.233 e. The number of amides is 1. The van der Waals surface area contributed by atoms with Crippen molar-refractivity contribution in [2.75, 3.05) is 11.4 Å². The van der Waals surface area contributed by atoms with E-state index < -0.39 is 5.60 Å². The van der Waals surface area contributed by atoms with E-state index >= 15 is 0 Å². The fourth-order valence-electron chi connectivity index (χ4n) is 4.57. The van der Waals surface area contributed by atoms with Crippen LogP contribution >= 0.6 is 0 Å². The molecule has 1 aromatic heterocycles. The summed E-state index contributed by atoms with van der Waals surface area (Å²) in [5, 5.41) is 15.4. The van der Waals surface area contributed by atoms with Gasteiger partial charge in [-0.2, -0.15) is 5.10 Å². The Kier molecular flexibility index (Phi) is 4.70. The highest BCUT2D eigenvalue weighted by Crippen LogP contribution is 2.51. The van der Waals surface area contributed by atoms with Crippen molar-refractivity contribution in [3.8, 4) is 5.75 Å². The molecule has 0 atom stereocenters. The quantitative estimate of drug-likeness (QED) is 0.879. The number of nitrogens with zero attached hydrogens (tertiary/aromatic N) is 3. The number of benzene rings is 1. The minimum atomic E-state index is -0.921. The van der Waals surface area contributed by atoms with Crippen LogP contribution in [0.5, 0.6) is 5.75 Å². The summed E-state index contributed by atoms with van der Waals surface area (Å²) in [5.74, 6) is 1.01. The number of carbonyl (C=O) groups is 1. The summed E-state index contributed by atoms with van der Waals surface area (Å²) in [6.45, 7) is 4.72. The molecule has 150 valence electrons. The van der Waals surface area contributed by atoms with Gasteiger partial charge in [0.25, 0.3) is 0 Å². The van der Waals surface area contributed by atoms with Crippen molar-refractivity contribution in [3.05, 3.63) is 42.2 Å². The van der Waals surface area contributed by atoms with Crippen LogP contribution in [-0.2, 0) is 17.4 Å². The Bertz CT molecular complexity index is 848. The second-order valence-corrected chi connectivity index (χ2v) is 8.55. The maximum absolute atomic E-state index is 13.3. The summed E-state index contributed by atoms with van der Waals surface area (Å²) in [6, 6.07) is 9.65. The number of rotatable bonds is 4. The first-order valence-corrected chi connectivity index (χ1v) is 10.1. The third kappa shape index (κ3) is 3.30. The van der Waals surface area contributed by atoms with Crippen LogP contribution in [0.4, 0.5) is 5.69 Å². The predicted molar refractivity (Wildman–Crippen MR) is 107 cm³/mol.